The van der Waals surface area contributed by atoms with Gasteiger partial charge in [0.05, 0.1) is 4.47 Å². The minimum absolute atomic E-state index is 0.302. The molecule has 0 unspecified atom stereocenters. The van der Waals surface area contributed by atoms with E-state index in [0.29, 0.717) is 5.75 Å². The Balaban J connectivity index is 1.85. The minimum atomic E-state index is 0.302. The molecule has 2 nitrogen and oxygen atoms in total. The van der Waals surface area contributed by atoms with Gasteiger partial charge in [-0.2, -0.15) is 0 Å². The van der Waals surface area contributed by atoms with Crippen molar-refractivity contribution in [3.63, 3.8) is 0 Å². The van der Waals surface area contributed by atoms with E-state index in [-0.39, 0.29) is 0 Å². The number of hydrogen-bond acceptors (Lipinski definition) is 2. The summed E-state index contributed by atoms with van der Waals surface area (Å²) in [6.07, 6.45) is 2.76. The molecule has 1 fully saturated rings. The summed E-state index contributed by atoms with van der Waals surface area (Å²) in [5.41, 5.74) is 1.20. The van der Waals surface area contributed by atoms with Gasteiger partial charge < -0.3 is 10.4 Å². The zero-order chi connectivity index (χ0) is 9.97. The number of benzene rings is 1. The molecular formula is C11H14BrNO. The normalized spacial score (nSPS) is 15.8. The van der Waals surface area contributed by atoms with Crippen LogP contribution in [0, 0.1) is 5.92 Å². The molecule has 0 atom stereocenters. The van der Waals surface area contributed by atoms with Gasteiger partial charge in [-0.05, 0) is 58.9 Å². The quantitative estimate of drug-likeness (QED) is 0.868. The third-order valence-electron chi connectivity index (χ3n) is 2.47. The van der Waals surface area contributed by atoms with E-state index in [9.17, 15) is 5.11 Å². The fraction of sp³-hybridized carbons (Fsp3) is 0.455. The molecule has 0 amide bonds. The van der Waals surface area contributed by atoms with Crippen LogP contribution in [0.2, 0.25) is 0 Å². The van der Waals surface area contributed by atoms with Crippen LogP contribution >= 0.6 is 15.9 Å². The molecule has 1 aliphatic carbocycles. The van der Waals surface area contributed by atoms with Crippen LogP contribution in [0.1, 0.15) is 18.4 Å². The summed E-state index contributed by atoms with van der Waals surface area (Å²) in [5.74, 6) is 1.21. The molecule has 0 heterocycles. The molecular weight excluding hydrogens is 242 g/mol. The molecule has 1 saturated carbocycles. The van der Waals surface area contributed by atoms with E-state index in [1.165, 1.54) is 18.4 Å². The Morgan fingerprint density at radius 2 is 2.21 bits per heavy atom. The van der Waals surface area contributed by atoms with Crippen molar-refractivity contribution in [3.05, 3.63) is 28.2 Å². The molecule has 1 aliphatic rings. The lowest BCUT2D eigenvalue weighted by atomic mass is 10.2. The van der Waals surface area contributed by atoms with Crippen LogP contribution in [-0.4, -0.2) is 11.7 Å². The molecule has 1 aromatic carbocycles. The van der Waals surface area contributed by atoms with E-state index < -0.39 is 0 Å². The second-order valence-electron chi connectivity index (χ2n) is 3.86. The van der Waals surface area contributed by atoms with Gasteiger partial charge in [0.15, 0.2) is 0 Å². The average Bonchev–Trinajstić information content (AvgIpc) is 2.95. The Bertz CT molecular complexity index is 323. The van der Waals surface area contributed by atoms with Gasteiger partial charge in [0.1, 0.15) is 5.75 Å². The maximum Gasteiger partial charge on any atom is 0.129 e. The summed E-state index contributed by atoms with van der Waals surface area (Å²) < 4.78 is 0.767. The zero-order valence-corrected chi connectivity index (χ0v) is 9.55. The number of hydrogen-bond donors (Lipinski definition) is 2. The third-order valence-corrected chi connectivity index (χ3v) is 3.11. The first-order chi connectivity index (χ1) is 6.75. The molecule has 0 aliphatic heterocycles. The first-order valence-corrected chi connectivity index (χ1v) is 5.73. The number of halogens is 1. The summed E-state index contributed by atoms with van der Waals surface area (Å²) in [4.78, 5) is 0. The van der Waals surface area contributed by atoms with E-state index in [1.807, 2.05) is 12.1 Å². The molecule has 14 heavy (non-hydrogen) atoms. The predicted molar refractivity (Wildman–Crippen MR) is 60.2 cm³/mol. The van der Waals surface area contributed by atoms with Crippen molar-refractivity contribution in [1.29, 1.82) is 0 Å². The van der Waals surface area contributed by atoms with Gasteiger partial charge in [-0.1, -0.05) is 6.07 Å². The Kier molecular flexibility index (Phi) is 3.08. The summed E-state index contributed by atoms with van der Waals surface area (Å²) in [5, 5.41) is 12.7. The minimum Gasteiger partial charge on any atom is -0.507 e. The molecule has 2 rings (SSSR count). The molecule has 3 heteroatoms. The van der Waals surface area contributed by atoms with Crippen LogP contribution in [0.4, 0.5) is 0 Å². The van der Waals surface area contributed by atoms with Crippen LogP contribution in [0.5, 0.6) is 5.75 Å². The molecule has 0 saturated heterocycles. The summed E-state index contributed by atoms with van der Waals surface area (Å²) in [7, 11) is 0. The van der Waals surface area contributed by atoms with E-state index >= 15 is 0 Å². The Morgan fingerprint density at radius 1 is 1.43 bits per heavy atom. The predicted octanol–water partition coefficient (Wildman–Crippen LogP) is 2.65. The molecule has 1 aromatic rings. The molecule has 0 aromatic heterocycles. The molecule has 2 N–H and O–H groups in total. The average molecular weight is 256 g/mol. The van der Waals surface area contributed by atoms with Crippen LogP contribution in [0.15, 0.2) is 22.7 Å². The maximum atomic E-state index is 9.30. The van der Waals surface area contributed by atoms with Crippen LogP contribution < -0.4 is 5.32 Å². The fourth-order valence-corrected chi connectivity index (χ4v) is 1.83. The van der Waals surface area contributed by atoms with Crippen LogP contribution in [0.25, 0.3) is 0 Å². The monoisotopic (exact) mass is 255 g/mol. The lowest BCUT2D eigenvalue weighted by Crippen LogP contribution is -2.15. The van der Waals surface area contributed by atoms with Gasteiger partial charge in [-0.15, -0.1) is 0 Å². The number of aromatic hydroxyl groups is 1. The standard InChI is InChI=1S/C11H14BrNO/c12-10-5-9(3-4-11(10)14)7-13-6-8-1-2-8/h3-5,8,13-14H,1-2,6-7H2. The fourth-order valence-electron chi connectivity index (χ4n) is 1.40. The highest BCUT2D eigenvalue weighted by atomic mass is 79.9. The van der Waals surface area contributed by atoms with Gasteiger partial charge >= 0.3 is 0 Å². The summed E-state index contributed by atoms with van der Waals surface area (Å²) >= 11 is 3.30. The summed E-state index contributed by atoms with van der Waals surface area (Å²) in [6.45, 7) is 2.01. The van der Waals surface area contributed by atoms with Crippen molar-refractivity contribution >= 4 is 15.9 Å². The molecule has 0 bridgehead atoms. The van der Waals surface area contributed by atoms with Gasteiger partial charge in [-0.3, -0.25) is 0 Å². The highest BCUT2D eigenvalue weighted by molar-refractivity contribution is 9.10. The highest BCUT2D eigenvalue weighted by Gasteiger charge is 2.20. The number of phenolic OH excluding ortho intramolecular Hbond substituents is 1. The van der Waals surface area contributed by atoms with Gasteiger partial charge in [0, 0.05) is 6.54 Å². The first kappa shape index (κ1) is 9.99. The smallest absolute Gasteiger partial charge is 0.129 e. The molecule has 0 spiro atoms. The Hall–Kier alpha value is -0.540. The maximum absolute atomic E-state index is 9.30. The lowest BCUT2D eigenvalue weighted by Gasteiger charge is -2.05. The molecule has 76 valence electrons. The van der Waals surface area contributed by atoms with Crippen molar-refractivity contribution in [2.24, 2.45) is 5.92 Å². The van der Waals surface area contributed by atoms with Crippen LogP contribution in [-0.2, 0) is 6.54 Å². The van der Waals surface area contributed by atoms with E-state index in [2.05, 4.69) is 21.2 Å². The van der Waals surface area contributed by atoms with Gasteiger partial charge in [0.25, 0.3) is 0 Å². The molecule has 0 radical (unpaired) electrons. The highest BCUT2D eigenvalue weighted by Crippen LogP contribution is 2.28. The van der Waals surface area contributed by atoms with Crippen molar-refractivity contribution in [2.45, 2.75) is 19.4 Å². The largest absolute Gasteiger partial charge is 0.507 e. The second kappa shape index (κ2) is 4.32. The second-order valence-corrected chi connectivity index (χ2v) is 4.71. The van der Waals surface area contributed by atoms with Gasteiger partial charge in [-0.25, -0.2) is 0 Å². The van der Waals surface area contributed by atoms with Crippen LogP contribution in [0.3, 0.4) is 0 Å². The third kappa shape index (κ3) is 2.72. The Labute approximate surface area is 92.5 Å². The van der Waals surface area contributed by atoms with Crippen molar-refractivity contribution in [1.82, 2.24) is 5.32 Å². The van der Waals surface area contributed by atoms with Crippen molar-refractivity contribution in [3.8, 4) is 5.75 Å². The van der Waals surface area contributed by atoms with Gasteiger partial charge in [0.2, 0.25) is 0 Å². The van der Waals surface area contributed by atoms with Crippen molar-refractivity contribution in [2.75, 3.05) is 6.54 Å². The van der Waals surface area contributed by atoms with E-state index in [1.54, 1.807) is 6.07 Å². The first-order valence-electron chi connectivity index (χ1n) is 4.94. The number of nitrogens with one attached hydrogen (secondary N) is 1. The number of phenols is 1. The van der Waals surface area contributed by atoms with E-state index in [0.717, 1.165) is 23.5 Å². The Morgan fingerprint density at radius 3 is 2.86 bits per heavy atom. The lowest BCUT2D eigenvalue weighted by molar-refractivity contribution is 0.471. The zero-order valence-electron chi connectivity index (χ0n) is 7.96. The van der Waals surface area contributed by atoms with E-state index in [4.69, 9.17) is 0 Å². The SMILES string of the molecule is Oc1ccc(CNCC2CC2)cc1Br. The summed E-state index contributed by atoms with van der Waals surface area (Å²) in [6, 6.07) is 5.62. The van der Waals surface area contributed by atoms with Crippen molar-refractivity contribution < 1.29 is 5.11 Å². The number of rotatable bonds is 4. The topological polar surface area (TPSA) is 32.3 Å².